The highest BCUT2D eigenvalue weighted by atomic mass is 16.5. The van der Waals surface area contributed by atoms with Gasteiger partial charge in [-0.15, -0.1) is 0 Å². The lowest BCUT2D eigenvalue weighted by Crippen LogP contribution is -2.37. The Kier molecular flexibility index (Phi) is 5.73. The Morgan fingerprint density at radius 3 is 2.52 bits per heavy atom. The lowest BCUT2D eigenvalue weighted by atomic mass is 9.80. The molecule has 0 spiro atoms. The quantitative estimate of drug-likeness (QED) is 0.593. The van der Waals surface area contributed by atoms with Gasteiger partial charge < -0.3 is 14.0 Å². The Bertz CT molecular complexity index is 450. The number of esters is 1. The van der Waals surface area contributed by atoms with Crippen molar-refractivity contribution in [3.05, 3.63) is 11.7 Å². The maximum atomic E-state index is 12.5. The standard InChI is InChI=1S/C15H24N2O4/c1-3-19-11-12-16-13(21-17-12)15(14(18)20-4-2)9-7-5-6-8-10-15/h3-11H2,1-2H3. The first-order valence-corrected chi connectivity index (χ1v) is 7.81. The van der Waals surface area contributed by atoms with E-state index in [1.807, 2.05) is 13.8 Å². The normalized spacial score (nSPS) is 18.2. The zero-order valence-electron chi connectivity index (χ0n) is 12.9. The van der Waals surface area contributed by atoms with Gasteiger partial charge in [-0.25, -0.2) is 0 Å². The summed E-state index contributed by atoms with van der Waals surface area (Å²) in [6.45, 7) is 4.98. The van der Waals surface area contributed by atoms with Crippen molar-refractivity contribution in [2.75, 3.05) is 13.2 Å². The van der Waals surface area contributed by atoms with Gasteiger partial charge in [0, 0.05) is 6.61 Å². The van der Waals surface area contributed by atoms with Gasteiger partial charge in [-0.2, -0.15) is 4.98 Å². The Morgan fingerprint density at radius 2 is 1.90 bits per heavy atom. The number of nitrogens with zero attached hydrogens (tertiary/aromatic N) is 2. The molecule has 21 heavy (non-hydrogen) atoms. The molecule has 0 bridgehead atoms. The van der Waals surface area contributed by atoms with E-state index in [1.54, 1.807) is 0 Å². The molecule has 1 heterocycles. The molecule has 6 heteroatoms. The summed E-state index contributed by atoms with van der Waals surface area (Å²) in [6.07, 6.45) is 5.62. The minimum Gasteiger partial charge on any atom is -0.465 e. The van der Waals surface area contributed by atoms with Gasteiger partial charge in [0.15, 0.2) is 5.82 Å². The Hall–Kier alpha value is -1.43. The third-order valence-corrected chi connectivity index (χ3v) is 3.94. The topological polar surface area (TPSA) is 74.5 Å². The molecule has 1 fully saturated rings. The molecule has 1 aliphatic carbocycles. The van der Waals surface area contributed by atoms with Crippen molar-refractivity contribution < 1.29 is 18.8 Å². The second-order valence-electron chi connectivity index (χ2n) is 5.37. The number of ether oxygens (including phenoxy) is 2. The Morgan fingerprint density at radius 1 is 1.19 bits per heavy atom. The first-order valence-electron chi connectivity index (χ1n) is 7.81. The largest absolute Gasteiger partial charge is 0.465 e. The van der Waals surface area contributed by atoms with Crippen molar-refractivity contribution in [2.45, 2.75) is 64.4 Å². The van der Waals surface area contributed by atoms with Crippen molar-refractivity contribution in [3.8, 4) is 0 Å². The molecule has 1 saturated carbocycles. The predicted molar refractivity (Wildman–Crippen MR) is 75.6 cm³/mol. The minimum atomic E-state index is -0.774. The van der Waals surface area contributed by atoms with Crippen LogP contribution in [-0.4, -0.2) is 29.3 Å². The molecule has 2 rings (SSSR count). The summed E-state index contributed by atoms with van der Waals surface area (Å²) in [5.74, 6) is 0.635. The summed E-state index contributed by atoms with van der Waals surface area (Å²) in [5, 5.41) is 3.93. The molecular weight excluding hydrogens is 272 g/mol. The van der Waals surface area contributed by atoms with E-state index < -0.39 is 5.41 Å². The van der Waals surface area contributed by atoms with Gasteiger partial charge in [0.05, 0.1) is 6.61 Å². The monoisotopic (exact) mass is 296 g/mol. The number of carbonyl (C=O) groups is 1. The maximum Gasteiger partial charge on any atom is 0.321 e. The van der Waals surface area contributed by atoms with E-state index in [0.717, 1.165) is 25.7 Å². The highest BCUT2D eigenvalue weighted by Crippen LogP contribution is 2.38. The van der Waals surface area contributed by atoms with E-state index in [0.29, 0.717) is 44.4 Å². The first kappa shape index (κ1) is 15.9. The molecule has 0 unspecified atom stereocenters. The van der Waals surface area contributed by atoms with Crippen molar-refractivity contribution in [1.29, 1.82) is 0 Å². The lowest BCUT2D eigenvalue weighted by molar-refractivity contribution is -0.152. The summed E-state index contributed by atoms with van der Waals surface area (Å²) in [4.78, 5) is 16.9. The summed E-state index contributed by atoms with van der Waals surface area (Å²) >= 11 is 0. The van der Waals surface area contributed by atoms with Gasteiger partial charge in [0.1, 0.15) is 12.0 Å². The number of carbonyl (C=O) groups excluding carboxylic acids is 1. The number of rotatable bonds is 6. The summed E-state index contributed by atoms with van der Waals surface area (Å²) in [7, 11) is 0. The first-order chi connectivity index (χ1) is 10.2. The average Bonchev–Trinajstić information content (AvgIpc) is 2.82. The van der Waals surface area contributed by atoms with Crippen LogP contribution in [0.4, 0.5) is 0 Å². The van der Waals surface area contributed by atoms with Crippen LogP contribution in [0.1, 0.15) is 64.1 Å². The summed E-state index contributed by atoms with van der Waals surface area (Å²) in [6, 6.07) is 0. The zero-order chi connectivity index (χ0) is 15.1. The van der Waals surface area contributed by atoms with E-state index in [2.05, 4.69) is 10.1 Å². The number of hydrogen-bond donors (Lipinski definition) is 0. The van der Waals surface area contributed by atoms with Crippen LogP contribution in [0.25, 0.3) is 0 Å². The molecule has 0 saturated heterocycles. The van der Waals surface area contributed by atoms with E-state index >= 15 is 0 Å². The van der Waals surface area contributed by atoms with Crippen LogP contribution < -0.4 is 0 Å². The molecule has 0 aromatic carbocycles. The molecule has 1 aromatic rings. The third kappa shape index (κ3) is 3.61. The summed E-state index contributed by atoms with van der Waals surface area (Å²) < 4.78 is 16.0. The zero-order valence-corrected chi connectivity index (χ0v) is 12.9. The van der Waals surface area contributed by atoms with Gasteiger partial charge >= 0.3 is 5.97 Å². The highest BCUT2D eigenvalue weighted by Gasteiger charge is 2.46. The highest BCUT2D eigenvalue weighted by molar-refractivity contribution is 5.81. The summed E-state index contributed by atoms with van der Waals surface area (Å²) in [5.41, 5.74) is -0.774. The van der Waals surface area contributed by atoms with Crippen LogP contribution in [0, 0.1) is 0 Å². The Labute approximate surface area is 125 Å². The fraction of sp³-hybridized carbons (Fsp3) is 0.800. The van der Waals surface area contributed by atoms with E-state index in [9.17, 15) is 4.79 Å². The fourth-order valence-corrected chi connectivity index (χ4v) is 2.81. The van der Waals surface area contributed by atoms with Crippen molar-refractivity contribution >= 4 is 5.97 Å². The van der Waals surface area contributed by atoms with Crippen molar-refractivity contribution in [1.82, 2.24) is 10.1 Å². The van der Waals surface area contributed by atoms with Crippen LogP contribution in [-0.2, 0) is 26.3 Å². The molecular formula is C15H24N2O4. The van der Waals surface area contributed by atoms with Crippen molar-refractivity contribution in [3.63, 3.8) is 0 Å². The molecule has 0 N–H and O–H groups in total. The maximum absolute atomic E-state index is 12.5. The molecule has 6 nitrogen and oxygen atoms in total. The lowest BCUT2D eigenvalue weighted by Gasteiger charge is -2.25. The molecule has 1 aliphatic rings. The van der Waals surface area contributed by atoms with Crippen LogP contribution in [0.3, 0.4) is 0 Å². The van der Waals surface area contributed by atoms with Gasteiger partial charge in [0.25, 0.3) is 0 Å². The second-order valence-corrected chi connectivity index (χ2v) is 5.37. The van der Waals surface area contributed by atoms with E-state index in [1.165, 1.54) is 0 Å². The van der Waals surface area contributed by atoms with Gasteiger partial charge in [-0.1, -0.05) is 30.8 Å². The molecule has 118 valence electrons. The fourth-order valence-electron chi connectivity index (χ4n) is 2.81. The predicted octanol–water partition coefficient (Wildman–Crippen LogP) is 2.76. The van der Waals surface area contributed by atoms with E-state index in [4.69, 9.17) is 14.0 Å². The SMILES string of the molecule is CCOCc1noc(C2(C(=O)OCC)CCCCCC2)n1. The van der Waals surface area contributed by atoms with Crippen LogP contribution in [0.5, 0.6) is 0 Å². The number of hydrogen-bond acceptors (Lipinski definition) is 6. The smallest absolute Gasteiger partial charge is 0.321 e. The van der Waals surface area contributed by atoms with Gasteiger partial charge in [-0.05, 0) is 26.7 Å². The van der Waals surface area contributed by atoms with Gasteiger partial charge in [0.2, 0.25) is 5.89 Å². The van der Waals surface area contributed by atoms with Crippen molar-refractivity contribution in [2.24, 2.45) is 0 Å². The van der Waals surface area contributed by atoms with Gasteiger partial charge in [-0.3, -0.25) is 4.79 Å². The van der Waals surface area contributed by atoms with E-state index in [-0.39, 0.29) is 5.97 Å². The van der Waals surface area contributed by atoms with Crippen LogP contribution in [0.15, 0.2) is 4.52 Å². The molecule has 1 aromatic heterocycles. The average molecular weight is 296 g/mol. The van der Waals surface area contributed by atoms with Crippen LogP contribution in [0.2, 0.25) is 0 Å². The molecule has 0 aliphatic heterocycles. The molecule has 0 amide bonds. The third-order valence-electron chi connectivity index (χ3n) is 3.94. The Balaban J connectivity index is 2.25. The molecule has 0 atom stereocenters. The minimum absolute atomic E-state index is 0.237. The molecule has 0 radical (unpaired) electrons. The number of aromatic nitrogens is 2. The second kappa shape index (κ2) is 7.54. The van der Waals surface area contributed by atoms with Crippen LogP contribution >= 0.6 is 0 Å².